The number of carbonyl (C=O) groups excluding carboxylic acids is 1. The molecule has 0 unspecified atom stereocenters. The highest BCUT2D eigenvalue weighted by Crippen LogP contribution is 1.85. The van der Waals surface area contributed by atoms with Gasteiger partial charge < -0.3 is 25.6 Å². The van der Waals surface area contributed by atoms with E-state index in [0.717, 1.165) is 0 Å². The lowest BCUT2D eigenvalue weighted by atomic mass is 10.4. The summed E-state index contributed by atoms with van der Waals surface area (Å²) < 4.78 is 5.17. The average Bonchev–Trinajstić information content (AvgIpc) is 2.20. The van der Waals surface area contributed by atoms with Crippen LogP contribution in [0, 0.1) is 0 Å². The van der Waals surface area contributed by atoms with Crippen LogP contribution in [0.15, 0.2) is 0 Å². The summed E-state index contributed by atoms with van der Waals surface area (Å²) in [4.78, 5) is 21.2. The lowest BCUT2D eigenvalue weighted by molar-refractivity contribution is -0.146. The monoisotopic (exact) mass is 234 g/mol. The van der Waals surface area contributed by atoms with Crippen molar-refractivity contribution in [2.24, 2.45) is 0 Å². The van der Waals surface area contributed by atoms with Crippen molar-refractivity contribution in [1.82, 2.24) is 10.6 Å². The second-order valence-electron chi connectivity index (χ2n) is 3.41. The third-order valence-corrected chi connectivity index (χ3v) is 1.58. The van der Waals surface area contributed by atoms with Gasteiger partial charge in [-0.1, -0.05) is 0 Å². The smallest absolute Gasteiger partial charge is 0.334 e. The fraction of sp³-hybridized carbons (Fsp3) is 0.778. The first kappa shape index (κ1) is 14.7. The zero-order valence-electron chi connectivity index (χ0n) is 9.40. The van der Waals surface area contributed by atoms with Crippen LogP contribution < -0.4 is 10.6 Å². The molecule has 0 heterocycles. The molecule has 4 N–H and O–H groups in total. The number of urea groups is 1. The molecule has 0 aliphatic heterocycles. The topological polar surface area (TPSA) is 108 Å². The van der Waals surface area contributed by atoms with Crippen LogP contribution in [-0.2, 0) is 9.53 Å². The van der Waals surface area contributed by atoms with E-state index in [0.29, 0.717) is 13.2 Å². The lowest BCUT2D eigenvalue weighted by Crippen LogP contribution is -2.43. The molecule has 0 fully saturated rings. The third kappa shape index (κ3) is 8.01. The molecular formula is C9H18N2O5. The molecule has 0 radical (unpaired) electrons. The molecule has 0 rings (SSSR count). The number of carbonyl (C=O) groups is 2. The Balaban J connectivity index is 3.48. The van der Waals surface area contributed by atoms with Gasteiger partial charge in [-0.25, -0.2) is 9.59 Å². The van der Waals surface area contributed by atoms with E-state index in [1.54, 1.807) is 0 Å². The highest BCUT2D eigenvalue weighted by molar-refractivity contribution is 5.76. The number of rotatable bonds is 7. The number of carboxylic acids is 1. The Morgan fingerprint density at radius 3 is 2.44 bits per heavy atom. The highest BCUT2D eigenvalue weighted by Gasteiger charge is 2.13. The molecular weight excluding hydrogens is 216 g/mol. The first-order valence-corrected chi connectivity index (χ1v) is 4.97. The molecule has 16 heavy (non-hydrogen) atoms. The molecule has 7 nitrogen and oxygen atoms in total. The van der Waals surface area contributed by atoms with Crippen molar-refractivity contribution in [3.8, 4) is 0 Å². The molecule has 94 valence electrons. The lowest BCUT2D eigenvalue weighted by Gasteiger charge is -2.10. The van der Waals surface area contributed by atoms with Crippen molar-refractivity contribution < 1.29 is 24.5 Å². The average molecular weight is 234 g/mol. The number of hydrogen-bond donors (Lipinski definition) is 4. The van der Waals surface area contributed by atoms with E-state index in [1.807, 2.05) is 13.8 Å². The van der Waals surface area contributed by atoms with E-state index < -0.39 is 18.1 Å². The molecule has 2 amide bonds. The maximum Gasteiger partial charge on any atom is 0.334 e. The molecule has 0 saturated carbocycles. The molecule has 1 atom stereocenters. The first-order valence-electron chi connectivity index (χ1n) is 4.97. The van der Waals surface area contributed by atoms with Gasteiger partial charge in [-0.15, -0.1) is 0 Å². The molecule has 0 aromatic heterocycles. The van der Waals surface area contributed by atoms with Crippen LogP contribution in [0.5, 0.6) is 0 Å². The van der Waals surface area contributed by atoms with Gasteiger partial charge in [0, 0.05) is 6.54 Å². The first-order chi connectivity index (χ1) is 7.43. The summed E-state index contributed by atoms with van der Waals surface area (Å²) in [5.74, 6) is -1.37. The van der Waals surface area contributed by atoms with Gasteiger partial charge in [0.05, 0.1) is 19.3 Å². The number of aliphatic hydroxyl groups is 1. The quantitative estimate of drug-likeness (QED) is 0.429. The van der Waals surface area contributed by atoms with Crippen molar-refractivity contribution >= 4 is 12.0 Å². The Morgan fingerprint density at radius 1 is 1.31 bits per heavy atom. The van der Waals surface area contributed by atoms with Crippen LogP contribution in [0.4, 0.5) is 4.79 Å². The van der Waals surface area contributed by atoms with Crippen LogP contribution in [-0.4, -0.2) is 54.1 Å². The van der Waals surface area contributed by atoms with Crippen LogP contribution in [0.2, 0.25) is 0 Å². The van der Waals surface area contributed by atoms with Gasteiger partial charge in [-0.3, -0.25) is 0 Å². The van der Waals surface area contributed by atoms with Gasteiger partial charge in [0.25, 0.3) is 0 Å². The van der Waals surface area contributed by atoms with Crippen LogP contribution in [0.25, 0.3) is 0 Å². The third-order valence-electron chi connectivity index (χ3n) is 1.58. The SMILES string of the molecule is CC(C)OCCNC(=O)NC[C@H](O)C(=O)O. The molecule has 0 bridgehead atoms. The number of amides is 2. The van der Waals surface area contributed by atoms with E-state index in [2.05, 4.69) is 10.6 Å². The number of nitrogens with one attached hydrogen (secondary N) is 2. The molecule has 7 heteroatoms. The van der Waals surface area contributed by atoms with Crippen molar-refractivity contribution in [2.45, 2.75) is 26.1 Å². The van der Waals surface area contributed by atoms with Gasteiger partial charge in [-0.2, -0.15) is 0 Å². The zero-order valence-corrected chi connectivity index (χ0v) is 9.40. The predicted octanol–water partition coefficient (Wildman–Crippen LogP) is -0.844. The minimum atomic E-state index is -1.59. The second-order valence-corrected chi connectivity index (χ2v) is 3.41. The fourth-order valence-corrected chi connectivity index (χ4v) is 0.798. The van der Waals surface area contributed by atoms with E-state index in [1.165, 1.54) is 0 Å². The molecule has 0 aliphatic rings. The summed E-state index contributed by atoms with van der Waals surface area (Å²) in [7, 11) is 0. The van der Waals surface area contributed by atoms with E-state index in [9.17, 15) is 9.59 Å². The molecule has 0 saturated heterocycles. The van der Waals surface area contributed by atoms with E-state index in [-0.39, 0.29) is 12.6 Å². The van der Waals surface area contributed by atoms with Gasteiger partial charge in [0.2, 0.25) is 0 Å². The van der Waals surface area contributed by atoms with Crippen molar-refractivity contribution in [1.29, 1.82) is 0 Å². The summed E-state index contributed by atoms with van der Waals surface area (Å²) in [6, 6.07) is -0.535. The van der Waals surface area contributed by atoms with Gasteiger partial charge in [0.1, 0.15) is 0 Å². The Labute approximate surface area is 93.8 Å². The van der Waals surface area contributed by atoms with Gasteiger partial charge in [-0.05, 0) is 13.8 Å². The highest BCUT2D eigenvalue weighted by atomic mass is 16.5. The van der Waals surface area contributed by atoms with Crippen LogP contribution >= 0.6 is 0 Å². The Hall–Kier alpha value is -1.34. The van der Waals surface area contributed by atoms with Crippen molar-refractivity contribution in [3.63, 3.8) is 0 Å². The number of aliphatic carboxylic acids is 1. The Morgan fingerprint density at radius 2 is 1.94 bits per heavy atom. The fourth-order valence-electron chi connectivity index (χ4n) is 0.798. The van der Waals surface area contributed by atoms with Crippen LogP contribution in [0.3, 0.4) is 0 Å². The molecule has 0 aromatic carbocycles. The summed E-state index contributed by atoms with van der Waals surface area (Å²) >= 11 is 0. The summed E-state index contributed by atoms with van der Waals surface area (Å²) in [6.07, 6.45) is -1.49. The van der Waals surface area contributed by atoms with Gasteiger partial charge in [0.15, 0.2) is 6.10 Å². The normalized spacial score (nSPS) is 12.2. The number of hydrogen-bond acceptors (Lipinski definition) is 4. The minimum Gasteiger partial charge on any atom is -0.479 e. The molecule has 0 spiro atoms. The second kappa shape index (κ2) is 7.89. The summed E-state index contributed by atoms with van der Waals surface area (Å²) in [5, 5.41) is 21.9. The molecule has 0 aliphatic carbocycles. The van der Waals surface area contributed by atoms with Crippen molar-refractivity contribution in [3.05, 3.63) is 0 Å². The zero-order chi connectivity index (χ0) is 12.6. The largest absolute Gasteiger partial charge is 0.479 e. The maximum atomic E-state index is 11.0. The minimum absolute atomic E-state index is 0.0960. The summed E-state index contributed by atoms with van der Waals surface area (Å²) in [6.45, 7) is 4.14. The number of carboxylic acid groups (broad SMARTS) is 1. The summed E-state index contributed by atoms with van der Waals surface area (Å²) in [5.41, 5.74) is 0. The van der Waals surface area contributed by atoms with Crippen LogP contribution in [0.1, 0.15) is 13.8 Å². The Bertz CT molecular complexity index is 232. The Kier molecular flexibility index (Phi) is 7.23. The number of ether oxygens (including phenoxy) is 1. The molecule has 0 aromatic rings. The van der Waals surface area contributed by atoms with E-state index >= 15 is 0 Å². The predicted molar refractivity (Wildman–Crippen MR) is 56.1 cm³/mol. The van der Waals surface area contributed by atoms with Crippen molar-refractivity contribution in [2.75, 3.05) is 19.7 Å². The maximum absolute atomic E-state index is 11.0. The van der Waals surface area contributed by atoms with E-state index in [4.69, 9.17) is 14.9 Å². The van der Waals surface area contributed by atoms with Gasteiger partial charge >= 0.3 is 12.0 Å². The standard InChI is InChI=1S/C9H18N2O5/c1-6(2)16-4-3-10-9(15)11-5-7(12)8(13)14/h6-7,12H,3-5H2,1-2H3,(H,13,14)(H2,10,11,15)/t7-/m0/s1. The number of aliphatic hydroxyl groups excluding tert-OH is 1.